The Morgan fingerprint density at radius 3 is 2.50 bits per heavy atom. The molecule has 106 valence electrons. The van der Waals surface area contributed by atoms with Crippen molar-refractivity contribution in [1.29, 1.82) is 5.41 Å². The lowest BCUT2D eigenvalue weighted by molar-refractivity contribution is -0.186. The highest BCUT2D eigenvalue weighted by atomic mass is 19.4. The zero-order chi connectivity index (χ0) is 14.0. The average molecular weight is 265 g/mol. The molecule has 1 rings (SSSR count). The van der Waals surface area contributed by atoms with Gasteiger partial charge in [0, 0.05) is 12.0 Å². The zero-order valence-corrected chi connectivity index (χ0v) is 11.0. The summed E-state index contributed by atoms with van der Waals surface area (Å²) in [5, 5.41) is 7.43. The number of nitrogens with one attached hydrogen (secondary N) is 1. The number of nitrogens with two attached hydrogens (primary N) is 1. The van der Waals surface area contributed by atoms with Crippen molar-refractivity contribution in [3.63, 3.8) is 0 Å². The van der Waals surface area contributed by atoms with Crippen LogP contribution >= 0.6 is 0 Å². The van der Waals surface area contributed by atoms with Gasteiger partial charge in [0.1, 0.15) is 0 Å². The summed E-state index contributed by atoms with van der Waals surface area (Å²) in [6, 6.07) is 0. The Labute approximate surface area is 106 Å². The van der Waals surface area contributed by atoms with E-state index >= 15 is 0 Å². The summed E-state index contributed by atoms with van der Waals surface area (Å²) in [6.45, 7) is 5.05. The minimum absolute atomic E-state index is 0.0808. The van der Waals surface area contributed by atoms with Crippen molar-refractivity contribution in [2.24, 2.45) is 17.1 Å². The lowest BCUT2D eigenvalue weighted by Crippen LogP contribution is -2.43. The van der Waals surface area contributed by atoms with E-state index in [9.17, 15) is 13.2 Å². The first kappa shape index (κ1) is 15.3. The highest BCUT2D eigenvalue weighted by Gasteiger charge is 2.41. The molecular formula is C12H22F3N3. The van der Waals surface area contributed by atoms with Crippen molar-refractivity contribution in [2.75, 3.05) is 19.6 Å². The van der Waals surface area contributed by atoms with Crippen LogP contribution in [0.1, 0.15) is 33.1 Å². The van der Waals surface area contributed by atoms with Crippen LogP contribution in [0.4, 0.5) is 13.2 Å². The Bertz CT molecular complexity index is 299. The predicted octanol–water partition coefficient (Wildman–Crippen LogP) is 2.61. The summed E-state index contributed by atoms with van der Waals surface area (Å²) < 4.78 is 37.9. The van der Waals surface area contributed by atoms with Crippen molar-refractivity contribution in [3.8, 4) is 0 Å². The Balaban J connectivity index is 2.47. The number of halogens is 3. The van der Waals surface area contributed by atoms with Crippen molar-refractivity contribution in [1.82, 2.24) is 4.90 Å². The summed E-state index contributed by atoms with van der Waals surface area (Å²) in [5.74, 6) is -1.11. The van der Waals surface area contributed by atoms with Crippen molar-refractivity contribution in [2.45, 2.75) is 39.3 Å². The van der Waals surface area contributed by atoms with Crippen molar-refractivity contribution in [3.05, 3.63) is 0 Å². The van der Waals surface area contributed by atoms with Crippen LogP contribution in [0, 0.1) is 16.7 Å². The van der Waals surface area contributed by atoms with E-state index in [1.54, 1.807) is 0 Å². The topological polar surface area (TPSA) is 53.1 Å². The molecule has 6 heteroatoms. The van der Waals surface area contributed by atoms with Crippen LogP contribution in [0.15, 0.2) is 0 Å². The summed E-state index contributed by atoms with van der Waals surface area (Å²) >= 11 is 0. The van der Waals surface area contributed by atoms with Crippen LogP contribution in [-0.4, -0.2) is 36.5 Å². The normalized spacial score (nSPS) is 23.1. The maximum absolute atomic E-state index is 12.6. The first-order valence-electron chi connectivity index (χ1n) is 6.26. The van der Waals surface area contributed by atoms with Crippen LogP contribution < -0.4 is 5.73 Å². The molecule has 18 heavy (non-hydrogen) atoms. The third kappa shape index (κ3) is 4.15. The molecule has 0 saturated carbocycles. The molecule has 1 aliphatic heterocycles. The fourth-order valence-corrected chi connectivity index (χ4v) is 2.10. The van der Waals surface area contributed by atoms with Crippen LogP contribution in [0.5, 0.6) is 0 Å². The SMILES string of the molecule is CC(C)(CCN1CCCC(C(F)(F)F)C1)C(=N)N. The third-order valence-corrected chi connectivity index (χ3v) is 3.75. The Morgan fingerprint density at radius 1 is 1.39 bits per heavy atom. The highest BCUT2D eigenvalue weighted by molar-refractivity contribution is 5.82. The number of nitrogens with zero attached hydrogens (tertiary/aromatic N) is 1. The van der Waals surface area contributed by atoms with Gasteiger partial charge in [0.15, 0.2) is 0 Å². The number of hydrogen-bond acceptors (Lipinski definition) is 2. The fourth-order valence-electron chi connectivity index (χ4n) is 2.10. The molecule has 0 amide bonds. The van der Waals surface area contributed by atoms with Crippen LogP contribution in [-0.2, 0) is 0 Å². The van der Waals surface area contributed by atoms with Crippen LogP contribution in [0.3, 0.4) is 0 Å². The Kier molecular flexibility index (Phi) is 4.64. The molecule has 3 nitrogen and oxygen atoms in total. The van der Waals surface area contributed by atoms with Crippen LogP contribution in [0.2, 0.25) is 0 Å². The van der Waals surface area contributed by atoms with Gasteiger partial charge in [-0.1, -0.05) is 13.8 Å². The van der Waals surface area contributed by atoms with Gasteiger partial charge in [0.25, 0.3) is 0 Å². The van der Waals surface area contributed by atoms with Gasteiger partial charge in [0.05, 0.1) is 11.8 Å². The first-order valence-corrected chi connectivity index (χ1v) is 6.26. The second-order valence-electron chi connectivity index (χ2n) is 5.73. The molecule has 0 aromatic heterocycles. The molecular weight excluding hydrogens is 243 g/mol. The minimum atomic E-state index is -4.09. The van der Waals surface area contributed by atoms with E-state index < -0.39 is 17.5 Å². The molecule has 0 aromatic rings. The molecule has 1 atom stereocenters. The molecule has 1 unspecified atom stereocenters. The summed E-state index contributed by atoms with van der Waals surface area (Å²) in [4.78, 5) is 1.84. The van der Waals surface area contributed by atoms with Gasteiger partial charge in [-0.25, -0.2) is 0 Å². The lowest BCUT2D eigenvalue weighted by Gasteiger charge is -2.35. The van der Waals surface area contributed by atoms with Crippen LogP contribution in [0.25, 0.3) is 0 Å². The van der Waals surface area contributed by atoms with Gasteiger partial charge in [0.2, 0.25) is 0 Å². The van der Waals surface area contributed by atoms with E-state index in [0.717, 1.165) is 0 Å². The lowest BCUT2D eigenvalue weighted by atomic mass is 9.87. The van der Waals surface area contributed by atoms with E-state index in [1.807, 2.05) is 18.7 Å². The molecule has 0 radical (unpaired) electrons. The van der Waals surface area contributed by atoms with E-state index in [2.05, 4.69) is 0 Å². The third-order valence-electron chi connectivity index (χ3n) is 3.75. The largest absolute Gasteiger partial charge is 0.393 e. The summed E-state index contributed by atoms with van der Waals surface area (Å²) in [5.41, 5.74) is 5.03. The predicted molar refractivity (Wildman–Crippen MR) is 65.5 cm³/mol. The maximum Gasteiger partial charge on any atom is 0.393 e. The molecule has 3 N–H and O–H groups in total. The van der Waals surface area contributed by atoms with Crippen molar-refractivity contribution < 1.29 is 13.2 Å². The molecule has 1 aliphatic rings. The molecule has 0 spiro atoms. The molecule has 0 bridgehead atoms. The second kappa shape index (κ2) is 5.47. The highest BCUT2D eigenvalue weighted by Crippen LogP contribution is 2.33. The minimum Gasteiger partial charge on any atom is -0.387 e. The quantitative estimate of drug-likeness (QED) is 0.606. The van der Waals surface area contributed by atoms with E-state index in [-0.39, 0.29) is 18.8 Å². The van der Waals surface area contributed by atoms with Gasteiger partial charge < -0.3 is 10.6 Å². The standard InChI is InChI=1S/C12H22F3N3/c1-11(2,10(16)17)5-7-18-6-3-4-9(8-18)12(13,14)15/h9H,3-8H2,1-2H3,(H3,16,17). The molecule has 0 aromatic carbocycles. The molecule has 1 saturated heterocycles. The molecule has 0 aliphatic carbocycles. The van der Waals surface area contributed by atoms with E-state index in [4.69, 9.17) is 11.1 Å². The van der Waals surface area contributed by atoms with Gasteiger partial charge in [-0.15, -0.1) is 0 Å². The number of likely N-dealkylation sites (tertiary alicyclic amines) is 1. The maximum atomic E-state index is 12.6. The fraction of sp³-hybridized carbons (Fsp3) is 0.917. The zero-order valence-electron chi connectivity index (χ0n) is 11.0. The van der Waals surface area contributed by atoms with Gasteiger partial charge >= 0.3 is 6.18 Å². The summed E-state index contributed by atoms with van der Waals surface area (Å²) in [6.07, 6.45) is -2.65. The number of piperidine rings is 1. The van der Waals surface area contributed by atoms with Gasteiger partial charge in [-0.3, -0.25) is 5.41 Å². The number of alkyl halides is 3. The van der Waals surface area contributed by atoms with Crippen molar-refractivity contribution >= 4 is 5.84 Å². The number of hydrogen-bond donors (Lipinski definition) is 2. The Morgan fingerprint density at radius 2 is 2.00 bits per heavy atom. The first-order chi connectivity index (χ1) is 8.13. The smallest absolute Gasteiger partial charge is 0.387 e. The molecule has 1 heterocycles. The van der Waals surface area contributed by atoms with Gasteiger partial charge in [-0.2, -0.15) is 13.2 Å². The number of amidine groups is 1. The average Bonchev–Trinajstić information content (AvgIpc) is 2.25. The monoisotopic (exact) mass is 265 g/mol. The summed E-state index contributed by atoms with van der Waals surface area (Å²) in [7, 11) is 0. The number of rotatable bonds is 4. The second-order valence-corrected chi connectivity index (χ2v) is 5.73. The molecule has 1 fully saturated rings. The van der Waals surface area contributed by atoms with E-state index in [1.165, 1.54) is 0 Å². The van der Waals surface area contributed by atoms with E-state index in [0.29, 0.717) is 25.9 Å². The Hall–Kier alpha value is -0.780. The van der Waals surface area contributed by atoms with Gasteiger partial charge in [-0.05, 0) is 32.4 Å².